The predicted molar refractivity (Wildman–Crippen MR) is 97.9 cm³/mol. The summed E-state index contributed by atoms with van der Waals surface area (Å²) in [4.78, 5) is 25.6. The van der Waals surface area contributed by atoms with Crippen LogP contribution in [0.1, 0.15) is 24.0 Å². The fourth-order valence-electron chi connectivity index (χ4n) is 3.12. The lowest BCUT2D eigenvalue weighted by Gasteiger charge is -2.31. The lowest BCUT2D eigenvalue weighted by molar-refractivity contribution is -0.132. The first-order valence-corrected chi connectivity index (χ1v) is 9.50. The van der Waals surface area contributed by atoms with Crippen LogP contribution in [0.25, 0.3) is 5.69 Å². The molecular weight excluding hydrogens is 352 g/mol. The van der Waals surface area contributed by atoms with Gasteiger partial charge in [-0.15, -0.1) is 5.10 Å². The van der Waals surface area contributed by atoms with E-state index in [0.717, 1.165) is 29.7 Å². The summed E-state index contributed by atoms with van der Waals surface area (Å²) in [5, 5.41) is 12.4. The molecule has 0 aliphatic carbocycles. The van der Waals surface area contributed by atoms with Gasteiger partial charge in [-0.3, -0.25) is 9.59 Å². The van der Waals surface area contributed by atoms with E-state index >= 15 is 0 Å². The van der Waals surface area contributed by atoms with Gasteiger partial charge in [0, 0.05) is 13.1 Å². The highest BCUT2D eigenvalue weighted by Gasteiger charge is 2.27. The molecule has 0 unspecified atom stereocenters. The fraction of sp³-hybridized carbons (Fsp3) is 0.471. The predicted octanol–water partition coefficient (Wildman–Crippen LogP) is 1.10. The third-order valence-electron chi connectivity index (χ3n) is 4.52. The van der Waals surface area contributed by atoms with Crippen molar-refractivity contribution in [2.75, 3.05) is 18.8 Å². The minimum atomic E-state index is -0.339. The van der Waals surface area contributed by atoms with Crippen molar-refractivity contribution >= 4 is 23.6 Å². The SMILES string of the molecule is Cc1ccc(-n2nnnc2SCC(=O)N2CCC[C@H](C(N)=O)C2)c(C)c1. The maximum atomic E-state index is 12.5. The number of primary amides is 1. The summed E-state index contributed by atoms with van der Waals surface area (Å²) in [5.74, 6) is -0.403. The van der Waals surface area contributed by atoms with Crippen LogP contribution in [-0.4, -0.2) is 55.8 Å². The molecule has 2 amide bonds. The molecule has 0 saturated carbocycles. The summed E-state index contributed by atoms with van der Waals surface area (Å²) < 4.78 is 1.65. The molecule has 1 aliphatic heterocycles. The zero-order valence-electron chi connectivity index (χ0n) is 14.9. The Morgan fingerprint density at radius 3 is 2.88 bits per heavy atom. The number of nitrogens with zero attached hydrogens (tertiary/aromatic N) is 5. The highest BCUT2D eigenvalue weighted by Crippen LogP contribution is 2.23. The van der Waals surface area contributed by atoms with Crippen LogP contribution >= 0.6 is 11.8 Å². The number of aromatic nitrogens is 4. The van der Waals surface area contributed by atoms with Gasteiger partial charge in [0.15, 0.2) is 0 Å². The number of piperidine rings is 1. The summed E-state index contributed by atoms with van der Waals surface area (Å²) in [6, 6.07) is 6.03. The highest BCUT2D eigenvalue weighted by molar-refractivity contribution is 7.99. The Kier molecular flexibility index (Phi) is 5.55. The molecule has 1 saturated heterocycles. The molecule has 26 heavy (non-hydrogen) atoms. The fourth-order valence-corrected chi connectivity index (χ4v) is 3.90. The van der Waals surface area contributed by atoms with Crippen molar-refractivity contribution in [2.24, 2.45) is 11.7 Å². The number of nitrogens with two attached hydrogens (primary N) is 1. The zero-order valence-corrected chi connectivity index (χ0v) is 15.7. The summed E-state index contributed by atoms with van der Waals surface area (Å²) in [6.45, 7) is 5.09. The van der Waals surface area contributed by atoms with Gasteiger partial charge in [0.05, 0.1) is 17.4 Å². The molecule has 2 N–H and O–H groups in total. The Morgan fingerprint density at radius 2 is 2.15 bits per heavy atom. The number of tetrazole rings is 1. The first-order valence-electron chi connectivity index (χ1n) is 8.51. The third-order valence-corrected chi connectivity index (χ3v) is 5.43. The Bertz CT molecular complexity index is 821. The summed E-state index contributed by atoms with van der Waals surface area (Å²) >= 11 is 1.29. The topological polar surface area (TPSA) is 107 Å². The molecule has 9 heteroatoms. The van der Waals surface area contributed by atoms with Crippen molar-refractivity contribution in [2.45, 2.75) is 31.8 Å². The van der Waals surface area contributed by atoms with E-state index in [0.29, 0.717) is 18.2 Å². The van der Waals surface area contributed by atoms with Gasteiger partial charge in [-0.2, -0.15) is 4.68 Å². The number of hydrogen-bond acceptors (Lipinski definition) is 6. The first kappa shape index (κ1) is 18.4. The molecule has 138 valence electrons. The van der Waals surface area contributed by atoms with Crippen LogP contribution in [0.3, 0.4) is 0 Å². The maximum Gasteiger partial charge on any atom is 0.233 e. The molecule has 8 nitrogen and oxygen atoms in total. The average molecular weight is 374 g/mol. The lowest BCUT2D eigenvalue weighted by Crippen LogP contribution is -2.44. The molecule has 2 heterocycles. The van der Waals surface area contributed by atoms with Crippen LogP contribution in [0.4, 0.5) is 0 Å². The molecule has 3 rings (SSSR count). The van der Waals surface area contributed by atoms with Crippen molar-refractivity contribution in [1.82, 2.24) is 25.1 Å². The van der Waals surface area contributed by atoms with Crippen molar-refractivity contribution < 1.29 is 9.59 Å². The molecule has 1 fully saturated rings. The molecule has 1 aromatic heterocycles. The van der Waals surface area contributed by atoms with Crippen molar-refractivity contribution in [1.29, 1.82) is 0 Å². The van der Waals surface area contributed by atoms with Crippen LogP contribution in [0.2, 0.25) is 0 Å². The number of hydrogen-bond donors (Lipinski definition) is 1. The average Bonchev–Trinajstić information content (AvgIpc) is 3.08. The second kappa shape index (κ2) is 7.86. The van der Waals surface area contributed by atoms with E-state index in [1.165, 1.54) is 11.8 Å². The van der Waals surface area contributed by atoms with E-state index < -0.39 is 0 Å². The highest BCUT2D eigenvalue weighted by atomic mass is 32.2. The Labute approximate surface area is 156 Å². The third kappa shape index (κ3) is 4.04. The normalized spacial score (nSPS) is 17.3. The summed E-state index contributed by atoms with van der Waals surface area (Å²) in [5.41, 5.74) is 8.49. The van der Waals surface area contributed by atoms with Gasteiger partial charge < -0.3 is 10.6 Å². The molecule has 1 aromatic carbocycles. The van der Waals surface area contributed by atoms with Crippen LogP contribution in [0.15, 0.2) is 23.4 Å². The van der Waals surface area contributed by atoms with Crippen LogP contribution in [-0.2, 0) is 9.59 Å². The standard InChI is InChI=1S/C17H22N6O2S/c1-11-5-6-14(12(2)8-11)23-17(19-20-21-23)26-10-15(24)22-7-3-4-13(9-22)16(18)25/h5-6,8,13H,3-4,7,9-10H2,1-2H3,(H2,18,25)/t13-/m0/s1. The minimum Gasteiger partial charge on any atom is -0.369 e. The maximum absolute atomic E-state index is 12.5. The molecule has 1 aliphatic rings. The second-order valence-electron chi connectivity index (χ2n) is 6.53. The van der Waals surface area contributed by atoms with E-state index in [2.05, 4.69) is 21.6 Å². The summed E-state index contributed by atoms with van der Waals surface area (Å²) in [7, 11) is 0. The van der Waals surface area contributed by atoms with E-state index in [1.807, 2.05) is 26.0 Å². The zero-order chi connectivity index (χ0) is 18.7. The largest absolute Gasteiger partial charge is 0.369 e. The van der Waals surface area contributed by atoms with Gasteiger partial charge in [-0.1, -0.05) is 29.5 Å². The van der Waals surface area contributed by atoms with E-state index in [9.17, 15) is 9.59 Å². The monoisotopic (exact) mass is 374 g/mol. The Hall–Kier alpha value is -2.42. The summed E-state index contributed by atoms with van der Waals surface area (Å²) in [6.07, 6.45) is 1.54. The number of likely N-dealkylation sites (tertiary alicyclic amines) is 1. The number of thioether (sulfide) groups is 1. The first-order chi connectivity index (χ1) is 12.5. The van der Waals surface area contributed by atoms with Crippen molar-refractivity contribution in [3.05, 3.63) is 29.3 Å². The van der Waals surface area contributed by atoms with Gasteiger partial charge in [-0.05, 0) is 48.7 Å². The second-order valence-corrected chi connectivity index (χ2v) is 7.48. The number of carbonyl (C=O) groups is 2. The number of benzene rings is 1. The van der Waals surface area contributed by atoms with Crippen LogP contribution < -0.4 is 5.73 Å². The van der Waals surface area contributed by atoms with Gasteiger partial charge in [0.1, 0.15) is 0 Å². The quantitative estimate of drug-likeness (QED) is 0.785. The molecule has 0 spiro atoms. The van der Waals surface area contributed by atoms with Gasteiger partial charge in [0.2, 0.25) is 17.0 Å². The number of amides is 2. The Balaban J connectivity index is 1.66. The molecule has 0 bridgehead atoms. The van der Waals surface area contributed by atoms with Crippen molar-refractivity contribution in [3.63, 3.8) is 0 Å². The number of aryl methyl sites for hydroxylation is 2. The molecular formula is C17H22N6O2S. The lowest BCUT2D eigenvalue weighted by atomic mass is 9.97. The van der Waals surface area contributed by atoms with E-state index in [-0.39, 0.29) is 23.5 Å². The van der Waals surface area contributed by atoms with Gasteiger partial charge in [-0.25, -0.2) is 0 Å². The van der Waals surface area contributed by atoms with E-state index in [1.54, 1.807) is 9.58 Å². The number of carbonyl (C=O) groups excluding carboxylic acids is 2. The Morgan fingerprint density at radius 1 is 1.35 bits per heavy atom. The molecule has 1 atom stereocenters. The van der Waals surface area contributed by atoms with Gasteiger partial charge in [0.25, 0.3) is 0 Å². The number of rotatable bonds is 5. The van der Waals surface area contributed by atoms with Gasteiger partial charge >= 0.3 is 0 Å². The van der Waals surface area contributed by atoms with Crippen LogP contribution in [0, 0.1) is 19.8 Å². The smallest absolute Gasteiger partial charge is 0.233 e. The molecule has 2 aromatic rings. The van der Waals surface area contributed by atoms with Crippen LogP contribution in [0.5, 0.6) is 0 Å². The minimum absolute atomic E-state index is 0.0314. The van der Waals surface area contributed by atoms with Crippen molar-refractivity contribution in [3.8, 4) is 5.69 Å². The van der Waals surface area contributed by atoms with E-state index in [4.69, 9.17) is 5.73 Å². The molecule has 0 radical (unpaired) electrons.